The number of hydrogen-bond acceptors (Lipinski definition) is 4. The van der Waals surface area contributed by atoms with Crippen LogP contribution in [0.15, 0.2) is 18.2 Å². The average molecular weight is 351 g/mol. The number of hydrogen-bond donors (Lipinski definition) is 2. The van der Waals surface area contributed by atoms with Crippen molar-refractivity contribution in [2.45, 2.75) is 31.7 Å². The van der Waals surface area contributed by atoms with Crippen LogP contribution in [-0.2, 0) is 21.2 Å². The van der Waals surface area contributed by atoms with Gasteiger partial charge in [0.1, 0.15) is 0 Å². The Morgan fingerprint density at radius 2 is 1.96 bits per heavy atom. The van der Waals surface area contributed by atoms with Crippen LogP contribution < -0.4 is 10.6 Å². The highest BCUT2D eigenvalue weighted by Crippen LogP contribution is 2.23. The van der Waals surface area contributed by atoms with Crippen molar-refractivity contribution in [1.29, 1.82) is 0 Å². The molecule has 2 N–H and O–H groups in total. The fourth-order valence-electron chi connectivity index (χ4n) is 3.13. The Morgan fingerprint density at radius 1 is 1.25 bits per heavy atom. The molecule has 0 aliphatic carbocycles. The first-order valence-electron chi connectivity index (χ1n) is 8.02. The average Bonchev–Trinajstić information content (AvgIpc) is 2.54. The Labute approximate surface area is 141 Å². The normalized spacial score (nSPS) is 19.5. The lowest BCUT2D eigenvalue weighted by atomic mass is 9.99. The van der Waals surface area contributed by atoms with Crippen LogP contribution in [-0.4, -0.2) is 49.9 Å². The zero-order valence-corrected chi connectivity index (χ0v) is 14.4. The van der Waals surface area contributed by atoms with Crippen LogP contribution in [0.4, 0.5) is 5.69 Å². The van der Waals surface area contributed by atoms with E-state index >= 15 is 0 Å². The number of rotatable bonds is 3. The van der Waals surface area contributed by atoms with Crippen LogP contribution in [0.5, 0.6) is 0 Å². The standard InChI is InChI=1S/C16H21N3O4S/c1-24(22,23)19-8-6-13(7-9-19)17-16(21)12-2-4-14-11(10-12)3-5-15(20)18-14/h2,4,10,13H,3,5-9H2,1H3,(H,17,21)(H,18,20). The quantitative estimate of drug-likeness (QED) is 0.839. The Bertz CT molecular complexity index is 768. The third-order valence-electron chi connectivity index (χ3n) is 4.52. The topological polar surface area (TPSA) is 95.6 Å². The molecule has 0 aromatic heterocycles. The molecule has 0 saturated carbocycles. The van der Waals surface area contributed by atoms with E-state index in [0.717, 1.165) is 11.3 Å². The first-order chi connectivity index (χ1) is 11.3. The number of benzene rings is 1. The molecule has 1 aromatic carbocycles. The number of nitrogens with zero attached hydrogens (tertiary/aromatic N) is 1. The van der Waals surface area contributed by atoms with E-state index in [1.165, 1.54) is 10.6 Å². The third-order valence-corrected chi connectivity index (χ3v) is 5.82. The maximum atomic E-state index is 12.4. The van der Waals surface area contributed by atoms with Crippen LogP contribution in [0.3, 0.4) is 0 Å². The summed E-state index contributed by atoms with van der Waals surface area (Å²) in [5.41, 5.74) is 2.30. The first-order valence-corrected chi connectivity index (χ1v) is 9.86. The van der Waals surface area contributed by atoms with Crippen molar-refractivity contribution in [3.63, 3.8) is 0 Å². The second kappa shape index (κ2) is 6.52. The summed E-state index contributed by atoms with van der Waals surface area (Å²) >= 11 is 0. The molecule has 8 heteroatoms. The summed E-state index contributed by atoms with van der Waals surface area (Å²) in [6.07, 6.45) is 3.49. The van der Waals surface area contributed by atoms with E-state index in [1.54, 1.807) is 12.1 Å². The molecule has 0 spiro atoms. The number of amides is 2. The zero-order valence-electron chi connectivity index (χ0n) is 13.5. The molecule has 130 valence electrons. The van der Waals surface area contributed by atoms with Crippen molar-refractivity contribution in [3.8, 4) is 0 Å². The van der Waals surface area contributed by atoms with Gasteiger partial charge >= 0.3 is 0 Å². The maximum Gasteiger partial charge on any atom is 0.251 e. The minimum atomic E-state index is -3.16. The molecule has 0 unspecified atom stereocenters. The van der Waals surface area contributed by atoms with Gasteiger partial charge in [-0.15, -0.1) is 0 Å². The lowest BCUT2D eigenvalue weighted by Gasteiger charge is -2.30. The maximum absolute atomic E-state index is 12.4. The third kappa shape index (κ3) is 3.76. The smallest absolute Gasteiger partial charge is 0.251 e. The summed E-state index contributed by atoms with van der Waals surface area (Å²) < 4.78 is 24.5. The number of carbonyl (C=O) groups excluding carboxylic acids is 2. The highest BCUT2D eigenvalue weighted by Gasteiger charge is 2.26. The van der Waals surface area contributed by atoms with Gasteiger partial charge in [0.25, 0.3) is 5.91 Å². The molecule has 2 aliphatic rings. The predicted octanol–water partition coefficient (Wildman–Crippen LogP) is 0.725. The fourth-order valence-corrected chi connectivity index (χ4v) is 4.00. The molecule has 1 saturated heterocycles. The monoisotopic (exact) mass is 351 g/mol. The van der Waals surface area contributed by atoms with Crippen LogP contribution in [0, 0.1) is 0 Å². The number of fused-ring (bicyclic) bond motifs is 1. The van der Waals surface area contributed by atoms with Gasteiger partial charge in [-0.1, -0.05) is 0 Å². The fraction of sp³-hybridized carbons (Fsp3) is 0.500. The molecule has 2 aliphatic heterocycles. The number of carbonyl (C=O) groups is 2. The minimum absolute atomic E-state index is 0.00246. The second-order valence-electron chi connectivity index (χ2n) is 6.33. The van der Waals surface area contributed by atoms with Gasteiger partial charge in [-0.3, -0.25) is 9.59 Å². The van der Waals surface area contributed by atoms with Crippen molar-refractivity contribution in [3.05, 3.63) is 29.3 Å². The van der Waals surface area contributed by atoms with Gasteiger partial charge < -0.3 is 10.6 Å². The number of nitrogens with one attached hydrogen (secondary N) is 2. The van der Waals surface area contributed by atoms with Crippen molar-refractivity contribution in [2.75, 3.05) is 24.7 Å². The van der Waals surface area contributed by atoms with Crippen LogP contribution in [0.25, 0.3) is 0 Å². The summed E-state index contributed by atoms with van der Waals surface area (Å²) in [6.45, 7) is 0.861. The van der Waals surface area contributed by atoms with E-state index in [0.29, 0.717) is 44.3 Å². The van der Waals surface area contributed by atoms with Gasteiger partial charge in [-0.05, 0) is 43.0 Å². The van der Waals surface area contributed by atoms with E-state index in [1.807, 2.05) is 6.07 Å². The number of piperidine rings is 1. The molecule has 2 heterocycles. The van der Waals surface area contributed by atoms with Crippen LogP contribution >= 0.6 is 0 Å². The predicted molar refractivity (Wildman–Crippen MR) is 90.3 cm³/mol. The molecule has 2 amide bonds. The summed E-state index contributed by atoms with van der Waals surface area (Å²) in [5, 5.41) is 5.77. The molecule has 0 radical (unpaired) electrons. The van der Waals surface area contributed by atoms with E-state index in [4.69, 9.17) is 0 Å². The van der Waals surface area contributed by atoms with Gasteiger partial charge in [-0.2, -0.15) is 0 Å². The first kappa shape index (κ1) is 16.9. The molecular formula is C16H21N3O4S. The lowest BCUT2D eigenvalue weighted by molar-refractivity contribution is -0.116. The van der Waals surface area contributed by atoms with Crippen molar-refractivity contribution >= 4 is 27.5 Å². The van der Waals surface area contributed by atoms with Gasteiger partial charge in [-0.25, -0.2) is 12.7 Å². The largest absolute Gasteiger partial charge is 0.349 e. The Balaban J connectivity index is 1.61. The van der Waals surface area contributed by atoms with E-state index in [-0.39, 0.29) is 17.9 Å². The minimum Gasteiger partial charge on any atom is -0.349 e. The van der Waals surface area contributed by atoms with E-state index in [2.05, 4.69) is 10.6 Å². The molecule has 24 heavy (non-hydrogen) atoms. The molecule has 1 aromatic rings. The Kier molecular flexibility index (Phi) is 4.60. The van der Waals surface area contributed by atoms with Gasteiger partial charge in [0.2, 0.25) is 15.9 Å². The SMILES string of the molecule is CS(=O)(=O)N1CCC(NC(=O)c2ccc3c(c2)CCC(=O)N3)CC1. The second-order valence-corrected chi connectivity index (χ2v) is 8.31. The van der Waals surface area contributed by atoms with Gasteiger partial charge in [0.15, 0.2) is 0 Å². The molecule has 7 nitrogen and oxygen atoms in total. The Hall–Kier alpha value is -1.93. The number of aryl methyl sites for hydroxylation is 1. The van der Waals surface area contributed by atoms with Crippen LogP contribution in [0.2, 0.25) is 0 Å². The molecule has 0 bridgehead atoms. The Morgan fingerprint density at radius 3 is 2.62 bits per heavy atom. The summed E-state index contributed by atoms with van der Waals surface area (Å²) in [7, 11) is -3.16. The summed E-state index contributed by atoms with van der Waals surface area (Å²) in [5.74, 6) is -0.162. The molecular weight excluding hydrogens is 330 g/mol. The van der Waals surface area contributed by atoms with Crippen molar-refractivity contribution in [2.24, 2.45) is 0 Å². The highest BCUT2D eigenvalue weighted by molar-refractivity contribution is 7.88. The van der Waals surface area contributed by atoms with Crippen molar-refractivity contribution < 1.29 is 18.0 Å². The number of anilines is 1. The molecule has 0 atom stereocenters. The number of sulfonamides is 1. The lowest BCUT2D eigenvalue weighted by Crippen LogP contribution is -2.46. The van der Waals surface area contributed by atoms with E-state index < -0.39 is 10.0 Å². The van der Waals surface area contributed by atoms with E-state index in [9.17, 15) is 18.0 Å². The van der Waals surface area contributed by atoms with Gasteiger partial charge in [0.05, 0.1) is 6.26 Å². The zero-order chi connectivity index (χ0) is 17.3. The molecule has 3 rings (SSSR count). The van der Waals surface area contributed by atoms with Gasteiger partial charge in [0, 0.05) is 36.8 Å². The van der Waals surface area contributed by atoms with Crippen molar-refractivity contribution in [1.82, 2.24) is 9.62 Å². The summed E-state index contributed by atoms with van der Waals surface area (Å²) in [6, 6.07) is 5.25. The molecule has 1 fully saturated rings. The highest BCUT2D eigenvalue weighted by atomic mass is 32.2. The van der Waals surface area contributed by atoms with Crippen LogP contribution in [0.1, 0.15) is 35.2 Å². The summed E-state index contributed by atoms with van der Waals surface area (Å²) in [4.78, 5) is 23.8.